The third-order valence-electron chi connectivity index (χ3n) is 4.25. The lowest BCUT2D eigenvalue weighted by molar-refractivity contribution is -0.115. The number of nitrogens with one attached hydrogen (secondary N) is 1. The number of fused-ring (bicyclic) bond motifs is 1. The van der Waals surface area contributed by atoms with Crippen molar-refractivity contribution in [3.05, 3.63) is 59.5 Å². The monoisotopic (exact) mass is 394 g/mol. The van der Waals surface area contributed by atoms with E-state index in [1.807, 2.05) is 53.9 Å². The van der Waals surface area contributed by atoms with Crippen LogP contribution in [0.5, 0.6) is 11.5 Å². The molecule has 2 heterocycles. The van der Waals surface area contributed by atoms with Crippen molar-refractivity contribution >= 4 is 33.3 Å². The molecule has 0 aliphatic carbocycles. The van der Waals surface area contributed by atoms with E-state index in [4.69, 9.17) is 13.9 Å². The number of furan rings is 1. The Morgan fingerprint density at radius 1 is 1.07 bits per heavy atom. The summed E-state index contributed by atoms with van der Waals surface area (Å²) in [4.78, 5) is 16.7. The van der Waals surface area contributed by atoms with Gasteiger partial charge in [-0.15, -0.1) is 11.3 Å². The third-order valence-corrected chi connectivity index (χ3v) is 5.01. The Labute approximate surface area is 165 Å². The topological polar surface area (TPSA) is 73.6 Å². The third kappa shape index (κ3) is 3.84. The van der Waals surface area contributed by atoms with Gasteiger partial charge in [0.1, 0.15) is 22.8 Å². The molecule has 142 valence electrons. The zero-order valence-corrected chi connectivity index (χ0v) is 16.2. The molecule has 0 aliphatic heterocycles. The lowest BCUT2D eigenvalue weighted by atomic mass is 10.1. The Kier molecular flexibility index (Phi) is 4.99. The number of methoxy groups -OCH3 is 2. The number of aromatic nitrogens is 1. The molecule has 0 radical (unpaired) electrons. The van der Waals surface area contributed by atoms with E-state index in [2.05, 4.69) is 10.3 Å². The highest BCUT2D eigenvalue weighted by molar-refractivity contribution is 7.14. The van der Waals surface area contributed by atoms with Gasteiger partial charge >= 0.3 is 0 Å². The lowest BCUT2D eigenvalue weighted by Crippen LogP contribution is -2.14. The van der Waals surface area contributed by atoms with E-state index in [1.165, 1.54) is 11.3 Å². The molecule has 4 rings (SSSR count). The highest BCUT2D eigenvalue weighted by atomic mass is 32.1. The Hall–Kier alpha value is -3.32. The van der Waals surface area contributed by atoms with Crippen LogP contribution >= 0.6 is 11.3 Å². The molecule has 0 spiro atoms. The van der Waals surface area contributed by atoms with Gasteiger partial charge < -0.3 is 19.2 Å². The predicted molar refractivity (Wildman–Crippen MR) is 109 cm³/mol. The fourth-order valence-electron chi connectivity index (χ4n) is 2.80. The summed E-state index contributed by atoms with van der Waals surface area (Å²) >= 11 is 1.36. The number of hydrogen-bond donors (Lipinski definition) is 1. The standard InChI is InChI=1S/C21H18N2O4S/c1-25-15-6-3-13(4-7-15)9-20(24)23-21-22-17(12-28-21)19-10-14-5-8-16(26-2)11-18(14)27-19/h3-8,10-12H,9H2,1-2H3,(H,22,23,24). The first-order valence-corrected chi connectivity index (χ1v) is 9.49. The first-order valence-electron chi connectivity index (χ1n) is 8.61. The van der Waals surface area contributed by atoms with Crippen LogP contribution in [0.2, 0.25) is 0 Å². The van der Waals surface area contributed by atoms with Crippen LogP contribution in [0.3, 0.4) is 0 Å². The van der Waals surface area contributed by atoms with Crippen LogP contribution < -0.4 is 14.8 Å². The molecule has 0 atom stereocenters. The molecule has 6 nitrogen and oxygen atoms in total. The van der Waals surface area contributed by atoms with Crippen LogP contribution in [-0.4, -0.2) is 25.1 Å². The molecule has 0 bridgehead atoms. The van der Waals surface area contributed by atoms with Gasteiger partial charge in [-0.3, -0.25) is 4.79 Å². The second kappa shape index (κ2) is 7.74. The second-order valence-electron chi connectivity index (χ2n) is 6.13. The fourth-order valence-corrected chi connectivity index (χ4v) is 3.52. The van der Waals surface area contributed by atoms with E-state index in [1.54, 1.807) is 14.2 Å². The molecule has 0 fully saturated rings. The van der Waals surface area contributed by atoms with Crippen LogP contribution in [-0.2, 0) is 11.2 Å². The smallest absolute Gasteiger partial charge is 0.230 e. The molecule has 4 aromatic rings. The van der Waals surface area contributed by atoms with Crippen molar-refractivity contribution in [1.82, 2.24) is 4.98 Å². The summed E-state index contributed by atoms with van der Waals surface area (Å²) in [6.45, 7) is 0. The first kappa shape index (κ1) is 18.1. The van der Waals surface area contributed by atoms with Gasteiger partial charge in [0.05, 0.1) is 20.6 Å². The zero-order valence-electron chi connectivity index (χ0n) is 15.4. The summed E-state index contributed by atoms with van der Waals surface area (Å²) in [5.41, 5.74) is 2.31. The van der Waals surface area contributed by atoms with Gasteiger partial charge in [-0.2, -0.15) is 0 Å². The van der Waals surface area contributed by atoms with E-state index < -0.39 is 0 Å². The Morgan fingerprint density at radius 2 is 1.82 bits per heavy atom. The Balaban J connectivity index is 1.45. The van der Waals surface area contributed by atoms with Crippen LogP contribution in [0.4, 0.5) is 5.13 Å². The average Bonchev–Trinajstić information content (AvgIpc) is 3.34. The van der Waals surface area contributed by atoms with Crippen molar-refractivity contribution in [3.63, 3.8) is 0 Å². The van der Waals surface area contributed by atoms with Crippen LogP contribution in [0.15, 0.2) is 58.3 Å². The van der Waals surface area contributed by atoms with Crippen molar-refractivity contribution in [3.8, 4) is 23.0 Å². The van der Waals surface area contributed by atoms with Gasteiger partial charge in [-0.05, 0) is 35.9 Å². The van der Waals surface area contributed by atoms with Crippen LogP contribution in [0.1, 0.15) is 5.56 Å². The number of thiazole rings is 1. The molecule has 28 heavy (non-hydrogen) atoms. The van der Waals surface area contributed by atoms with Crippen LogP contribution in [0, 0.1) is 0 Å². The molecule has 0 saturated carbocycles. The number of hydrogen-bond acceptors (Lipinski definition) is 6. The minimum atomic E-state index is -0.125. The highest BCUT2D eigenvalue weighted by Gasteiger charge is 2.13. The average molecular weight is 394 g/mol. The van der Waals surface area contributed by atoms with Crippen molar-refractivity contribution in [2.75, 3.05) is 19.5 Å². The molecule has 2 aromatic carbocycles. The van der Waals surface area contributed by atoms with Gasteiger partial charge in [0.15, 0.2) is 10.9 Å². The molecule has 1 amide bonds. The summed E-state index contributed by atoms with van der Waals surface area (Å²) in [5.74, 6) is 2.02. The molecular weight excluding hydrogens is 376 g/mol. The predicted octanol–water partition coefficient (Wildman–Crippen LogP) is 4.75. The summed E-state index contributed by atoms with van der Waals surface area (Å²) < 4.78 is 16.2. The number of nitrogens with zero attached hydrogens (tertiary/aromatic N) is 1. The van der Waals surface area contributed by atoms with E-state index in [0.717, 1.165) is 28.0 Å². The molecular formula is C21H18N2O4S. The van der Waals surface area contributed by atoms with Crippen molar-refractivity contribution in [2.45, 2.75) is 6.42 Å². The summed E-state index contributed by atoms with van der Waals surface area (Å²) in [6, 6.07) is 15.0. The largest absolute Gasteiger partial charge is 0.497 e. The summed E-state index contributed by atoms with van der Waals surface area (Å²) in [6.07, 6.45) is 0.267. The maximum Gasteiger partial charge on any atom is 0.230 e. The highest BCUT2D eigenvalue weighted by Crippen LogP contribution is 2.32. The first-order chi connectivity index (χ1) is 13.6. The normalized spacial score (nSPS) is 10.8. The second-order valence-corrected chi connectivity index (χ2v) is 6.98. The van der Waals surface area contributed by atoms with Gasteiger partial charge in [-0.25, -0.2) is 4.98 Å². The Bertz CT molecular complexity index is 1120. The molecule has 2 aromatic heterocycles. The number of benzene rings is 2. The molecule has 1 N–H and O–H groups in total. The van der Waals surface area contributed by atoms with E-state index in [9.17, 15) is 4.79 Å². The quantitative estimate of drug-likeness (QED) is 0.511. The number of ether oxygens (including phenoxy) is 2. The number of carbonyl (C=O) groups is 1. The van der Waals surface area contributed by atoms with Crippen molar-refractivity contribution in [2.24, 2.45) is 0 Å². The van der Waals surface area contributed by atoms with Gasteiger partial charge in [0, 0.05) is 16.8 Å². The lowest BCUT2D eigenvalue weighted by Gasteiger charge is -2.03. The molecule has 0 aliphatic rings. The van der Waals surface area contributed by atoms with Crippen molar-refractivity contribution in [1.29, 1.82) is 0 Å². The summed E-state index contributed by atoms with van der Waals surface area (Å²) in [7, 11) is 3.23. The van der Waals surface area contributed by atoms with E-state index in [-0.39, 0.29) is 12.3 Å². The SMILES string of the molecule is COc1ccc(CC(=O)Nc2nc(-c3cc4ccc(OC)cc4o3)cs2)cc1. The van der Waals surface area contributed by atoms with Gasteiger partial charge in [-0.1, -0.05) is 12.1 Å². The maximum atomic E-state index is 12.3. The summed E-state index contributed by atoms with van der Waals surface area (Å²) in [5, 5.41) is 6.20. The van der Waals surface area contributed by atoms with E-state index >= 15 is 0 Å². The fraction of sp³-hybridized carbons (Fsp3) is 0.143. The van der Waals surface area contributed by atoms with Crippen LogP contribution in [0.25, 0.3) is 22.4 Å². The number of anilines is 1. The number of carbonyl (C=O) groups excluding carboxylic acids is 1. The minimum absolute atomic E-state index is 0.125. The zero-order chi connectivity index (χ0) is 19.5. The number of rotatable bonds is 6. The maximum absolute atomic E-state index is 12.3. The van der Waals surface area contributed by atoms with Gasteiger partial charge in [0.25, 0.3) is 0 Å². The van der Waals surface area contributed by atoms with Crippen molar-refractivity contribution < 1.29 is 18.7 Å². The van der Waals surface area contributed by atoms with E-state index in [0.29, 0.717) is 16.6 Å². The minimum Gasteiger partial charge on any atom is -0.497 e. The molecule has 0 unspecified atom stereocenters. The van der Waals surface area contributed by atoms with Gasteiger partial charge in [0.2, 0.25) is 5.91 Å². The Morgan fingerprint density at radius 3 is 2.57 bits per heavy atom. The molecule has 7 heteroatoms. The number of amides is 1. The molecule has 0 saturated heterocycles.